The molecule has 1 aromatic carbocycles. The summed E-state index contributed by atoms with van der Waals surface area (Å²) in [6.45, 7) is 18.6. The number of anilines is 1. The maximum atomic E-state index is 14.3. The molecule has 6 aliphatic heterocycles. The van der Waals surface area contributed by atoms with Crippen LogP contribution in [0.15, 0.2) is 83.5 Å². The first-order valence-corrected chi connectivity index (χ1v) is 27.6. The summed E-state index contributed by atoms with van der Waals surface area (Å²) in [6, 6.07) is 6.72. The smallest absolute Gasteiger partial charge is 0.338 e. The number of aliphatic hydroxyl groups is 3. The van der Waals surface area contributed by atoms with Gasteiger partial charge >= 0.3 is 11.9 Å². The lowest BCUT2D eigenvalue weighted by molar-refractivity contribution is -0.318. The summed E-state index contributed by atoms with van der Waals surface area (Å²) < 4.78 is 68.7. The molecule has 20 atom stereocenters. The van der Waals surface area contributed by atoms with Crippen LogP contribution in [0.3, 0.4) is 0 Å². The van der Waals surface area contributed by atoms with E-state index < -0.39 is 90.8 Å². The lowest BCUT2D eigenvalue weighted by atomic mass is 9.71. The highest BCUT2D eigenvalue weighted by Crippen LogP contribution is 2.47. The molecule has 0 radical (unpaired) electrons. The molecule has 424 valence electrons. The van der Waals surface area contributed by atoms with Crippen molar-refractivity contribution in [3.63, 3.8) is 0 Å². The summed E-state index contributed by atoms with van der Waals surface area (Å²) in [5.41, 5.74) is 6.83. The number of nitrogen functional groups attached to an aromatic ring is 1. The van der Waals surface area contributed by atoms with E-state index in [-0.39, 0.29) is 48.6 Å². The zero-order valence-corrected chi connectivity index (χ0v) is 46.5. The largest absolute Gasteiger partial charge is 0.462 e. The first-order chi connectivity index (χ1) is 36.2. The van der Waals surface area contributed by atoms with Crippen molar-refractivity contribution in [3.05, 3.63) is 89.1 Å². The number of esters is 2. The van der Waals surface area contributed by atoms with Gasteiger partial charge in [-0.25, -0.2) is 4.79 Å². The normalized spacial score (nSPS) is 40.1. The average Bonchev–Trinajstić information content (AvgIpc) is 3.76. The predicted molar refractivity (Wildman–Crippen MR) is 283 cm³/mol. The number of carbonyl (C=O) groups excluding carboxylic acids is 2. The molecule has 4 fully saturated rings. The Kier molecular flexibility index (Phi) is 20.8. The quantitative estimate of drug-likeness (QED) is 0.0685. The fourth-order valence-corrected chi connectivity index (χ4v) is 11.6. The number of benzene rings is 1. The number of nitrogens with two attached hydrogens (primary N) is 1. The third-order valence-corrected chi connectivity index (χ3v) is 16.4. The second-order valence-corrected chi connectivity index (χ2v) is 22.1. The predicted octanol–water partition coefficient (Wildman–Crippen LogP) is 7.60. The van der Waals surface area contributed by atoms with Crippen molar-refractivity contribution >= 4 is 17.6 Å². The van der Waals surface area contributed by atoms with E-state index in [1.807, 2.05) is 32.1 Å². The highest BCUT2D eigenvalue weighted by molar-refractivity contribution is 5.89. The minimum absolute atomic E-state index is 0.0317. The van der Waals surface area contributed by atoms with Crippen LogP contribution in [-0.4, -0.2) is 152 Å². The molecule has 7 aliphatic rings. The van der Waals surface area contributed by atoms with Crippen LogP contribution in [0.25, 0.3) is 0 Å². The van der Waals surface area contributed by atoms with Crippen LogP contribution in [0.5, 0.6) is 0 Å². The van der Waals surface area contributed by atoms with Crippen molar-refractivity contribution in [1.82, 2.24) is 0 Å². The number of hydrogen-bond acceptors (Lipinski definition) is 17. The summed E-state index contributed by atoms with van der Waals surface area (Å²) >= 11 is 0. The lowest BCUT2D eigenvalue weighted by Crippen LogP contribution is -2.58. The topological polar surface area (TPSA) is 222 Å². The maximum Gasteiger partial charge on any atom is 0.338 e. The van der Waals surface area contributed by atoms with Gasteiger partial charge in [0, 0.05) is 57.4 Å². The van der Waals surface area contributed by atoms with Crippen molar-refractivity contribution in [2.75, 3.05) is 33.2 Å². The molecule has 1 aromatic rings. The van der Waals surface area contributed by atoms with Gasteiger partial charge < -0.3 is 73.2 Å². The molecule has 0 saturated carbocycles. The SMILES string of the molecule is CCC(C)C1OC2(C=CC1C)CC1CC(CC=C(C)C(OC3CC(OC)C(OC4CC(OC)C(O)C(C)O4)C(C)O3)C(C)C=CC=C3COC4C(O)C(C)=CC(C(=O)O1)C34O)O2.CCCCOC(=O)c1ccc(N)cc1. The van der Waals surface area contributed by atoms with Crippen LogP contribution in [0.2, 0.25) is 0 Å². The Labute approximate surface area is 450 Å². The van der Waals surface area contributed by atoms with Gasteiger partial charge in [-0.05, 0) is 93.5 Å². The average molecular weight is 1070 g/mol. The van der Waals surface area contributed by atoms with Gasteiger partial charge in [0.15, 0.2) is 18.4 Å². The van der Waals surface area contributed by atoms with Gasteiger partial charge in [0.2, 0.25) is 0 Å². The number of fused-ring (bicyclic) bond motifs is 2. The van der Waals surface area contributed by atoms with E-state index in [2.05, 4.69) is 46.8 Å². The Morgan fingerprint density at radius 2 is 1.58 bits per heavy atom. The number of allylic oxidation sites excluding steroid dienone is 2. The fourth-order valence-electron chi connectivity index (χ4n) is 11.6. The zero-order valence-electron chi connectivity index (χ0n) is 46.5. The number of methoxy groups -OCH3 is 2. The van der Waals surface area contributed by atoms with Gasteiger partial charge in [0.1, 0.15) is 42.0 Å². The molecule has 76 heavy (non-hydrogen) atoms. The van der Waals surface area contributed by atoms with E-state index in [1.54, 1.807) is 64.5 Å². The zero-order chi connectivity index (χ0) is 55.1. The number of ether oxygens (including phenoxy) is 11. The number of rotatable bonds is 12. The first kappa shape index (κ1) is 59.8. The Morgan fingerprint density at radius 1 is 0.882 bits per heavy atom. The van der Waals surface area contributed by atoms with Gasteiger partial charge in [-0.2, -0.15) is 0 Å². The molecule has 0 aromatic heterocycles. The van der Waals surface area contributed by atoms with Crippen molar-refractivity contribution in [3.8, 4) is 0 Å². The molecule has 1 aliphatic carbocycles. The molecule has 5 N–H and O–H groups in total. The molecular formula is C59H87NO16. The molecule has 20 unspecified atom stereocenters. The van der Waals surface area contributed by atoms with Crippen molar-refractivity contribution < 1.29 is 77.0 Å². The van der Waals surface area contributed by atoms with E-state index in [0.717, 1.165) is 24.8 Å². The minimum Gasteiger partial charge on any atom is -0.462 e. The summed E-state index contributed by atoms with van der Waals surface area (Å²) in [4.78, 5) is 25.7. The Balaban J connectivity index is 0.000000521. The maximum absolute atomic E-state index is 14.3. The number of carbonyl (C=O) groups is 2. The molecule has 17 nitrogen and oxygen atoms in total. The molecular weight excluding hydrogens is 979 g/mol. The number of aliphatic hydroxyl groups excluding tert-OH is 2. The van der Waals surface area contributed by atoms with Crippen LogP contribution in [-0.2, 0) is 56.9 Å². The second-order valence-electron chi connectivity index (χ2n) is 22.1. The molecule has 2 bridgehead atoms. The van der Waals surface area contributed by atoms with Gasteiger partial charge in [0.05, 0.1) is 61.5 Å². The van der Waals surface area contributed by atoms with Crippen LogP contribution in [0, 0.1) is 23.7 Å². The number of unbranched alkanes of at least 4 members (excludes halogenated alkanes) is 1. The highest BCUT2D eigenvalue weighted by Gasteiger charge is 2.60. The molecule has 0 amide bonds. The van der Waals surface area contributed by atoms with Crippen LogP contribution in [0.1, 0.15) is 124 Å². The van der Waals surface area contributed by atoms with Crippen molar-refractivity contribution in [1.29, 1.82) is 0 Å². The summed E-state index contributed by atoms with van der Waals surface area (Å²) in [5, 5.41) is 34.2. The summed E-state index contributed by atoms with van der Waals surface area (Å²) in [6.07, 6.45) is 10.5. The van der Waals surface area contributed by atoms with Gasteiger partial charge in [-0.1, -0.05) is 83.9 Å². The molecule has 8 rings (SSSR count). The first-order valence-electron chi connectivity index (χ1n) is 27.6. The molecule has 1 spiro atoms. The Morgan fingerprint density at radius 3 is 2.28 bits per heavy atom. The van der Waals surface area contributed by atoms with E-state index in [4.69, 9.17) is 57.8 Å². The van der Waals surface area contributed by atoms with E-state index >= 15 is 0 Å². The van der Waals surface area contributed by atoms with Gasteiger partial charge in [0.25, 0.3) is 0 Å². The van der Waals surface area contributed by atoms with E-state index in [0.29, 0.717) is 61.1 Å². The standard InChI is InChI=1S/C48H72O14.C11H15NO2/c1-11-25(2)43-28(5)17-18-47(62-43)23-34-20-33(61-47)16-15-27(4)42(26(3)13-12-14-32-24-55-45-40(49)29(6)19-35(46(51)58-34)48(32,45)52)59-39-22-37(54-10)44(31(8)57-39)60-38-21-36(53-9)41(50)30(7)56-38;1-2-3-8-14-11(13)9-4-6-10(12)7-5-9/h12-15,17-19,25-26,28,30-31,33-45,49-50,52H,11,16,20-24H2,1-10H3;4-7H,2-3,8,12H2,1H3. The lowest BCUT2D eigenvalue weighted by Gasteiger charge is -2.48. The third-order valence-electron chi connectivity index (χ3n) is 16.4. The Hall–Kier alpha value is -3.82. The van der Waals surface area contributed by atoms with Crippen molar-refractivity contribution in [2.24, 2.45) is 23.7 Å². The second kappa shape index (κ2) is 26.4. The number of hydrogen-bond donors (Lipinski definition) is 4. The Bertz CT molecular complexity index is 2250. The summed E-state index contributed by atoms with van der Waals surface area (Å²) in [5.74, 6) is -2.84. The molecule has 17 heteroatoms. The van der Waals surface area contributed by atoms with E-state index in [1.165, 1.54) is 0 Å². The monoisotopic (exact) mass is 1070 g/mol. The van der Waals surface area contributed by atoms with Gasteiger partial charge in [-0.15, -0.1) is 0 Å². The molecule has 4 saturated heterocycles. The van der Waals surface area contributed by atoms with Crippen LogP contribution >= 0.6 is 0 Å². The third kappa shape index (κ3) is 13.8. The highest BCUT2D eigenvalue weighted by atomic mass is 16.7. The van der Waals surface area contributed by atoms with Crippen LogP contribution in [0.4, 0.5) is 5.69 Å². The molecule has 6 heterocycles. The van der Waals surface area contributed by atoms with Crippen LogP contribution < -0.4 is 5.73 Å². The minimum atomic E-state index is -1.84. The van der Waals surface area contributed by atoms with Gasteiger partial charge in [-0.3, -0.25) is 4.79 Å². The van der Waals surface area contributed by atoms with Crippen molar-refractivity contribution in [2.45, 2.75) is 211 Å². The summed E-state index contributed by atoms with van der Waals surface area (Å²) in [7, 11) is 3.22. The van der Waals surface area contributed by atoms with E-state index in [9.17, 15) is 24.9 Å². The fraction of sp³-hybridized carbons (Fsp3) is 0.695.